The van der Waals surface area contributed by atoms with Gasteiger partial charge in [0.1, 0.15) is 5.58 Å². The number of halogens is 1. The Morgan fingerprint density at radius 2 is 1.96 bits per heavy atom. The van der Waals surface area contributed by atoms with Crippen LogP contribution >= 0.6 is 11.6 Å². The zero-order valence-electron chi connectivity index (χ0n) is 13.2. The van der Waals surface area contributed by atoms with Gasteiger partial charge in [0.25, 0.3) is 0 Å². The minimum Gasteiger partial charge on any atom is -0.464 e. The lowest BCUT2D eigenvalue weighted by Crippen LogP contribution is -2.27. The van der Waals surface area contributed by atoms with Gasteiger partial charge in [0.2, 0.25) is 5.91 Å². The topological polar surface area (TPSA) is 33.5 Å². The zero-order chi connectivity index (χ0) is 16.4. The van der Waals surface area contributed by atoms with Crippen molar-refractivity contribution in [2.75, 3.05) is 7.05 Å². The van der Waals surface area contributed by atoms with Crippen molar-refractivity contribution in [1.29, 1.82) is 0 Å². The summed E-state index contributed by atoms with van der Waals surface area (Å²) >= 11 is 6.19. The van der Waals surface area contributed by atoms with Gasteiger partial charge in [-0.25, -0.2) is 0 Å². The largest absolute Gasteiger partial charge is 0.464 e. The molecule has 0 aliphatic carbocycles. The third kappa shape index (κ3) is 3.40. The Morgan fingerprint density at radius 1 is 1.22 bits per heavy atom. The first kappa shape index (κ1) is 15.6. The second-order valence-electron chi connectivity index (χ2n) is 5.77. The van der Waals surface area contributed by atoms with Gasteiger partial charge >= 0.3 is 0 Å². The first-order valence-electron chi connectivity index (χ1n) is 7.48. The van der Waals surface area contributed by atoms with Crippen LogP contribution in [0.5, 0.6) is 0 Å². The minimum absolute atomic E-state index is 0.0493. The van der Waals surface area contributed by atoms with E-state index < -0.39 is 0 Å². The van der Waals surface area contributed by atoms with Crippen molar-refractivity contribution in [2.45, 2.75) is 19.9 Å². The molecule has 3 nitrogen and oxygen atoms in total. The molecule has 2 aromatic carbocycles. The highest BCUT2D eigenvalue weighted by atomic mass is 35.5. The van der Waals surface area contributed by atoms with Crippen molar-refractivity contribution in [3.63, 3.8) is 0 Å². The van der Waals surface area contributed by atoms with Gasteiger partial charge in [0.05, 0.1) is 12.7 Å². The van der Waals surface area contributed by atoms with E-state index in [1.54, 1.807) is 11.2 Å². The lowest BCUT2D eigenvalue weighted by molar-refractivity contribution is -0.129. The summed E-state index contributed by atoms with van der Waals surface area (Å²) in [6.07, 6.45) is 1.95. The van der Waals surface area contributed by atoms with Crippen LogP contribution in [0.2, 0.25) is 5.02 Å². The number of benzene rings is 2. The van der Waals surface area contributed by atoms with E-state index in [2.05, 4.69) is 0 Å². The molecule has 0 N–H and O–H groups in total. The SMILES string of the molecule is Cc1cc2occ(CC(=O)N(C)Cc3ccccc3)c2cc1Cl. The average Bonchev–Trinajstić information content (AvgIpc) is 2.91. The highest BCUT2D eigenvalue weighted by Gasteiger charge is 2.15. The summed E-state index contributed by atoms with van der Waals surface area (Å²) in [7, 11) is 1.81. The van der Waals surface area contributed by atoms with Crippen LogP contribution in [0.25, 0.3) is 11.0 Å². The molecule has 0 unspecified atom stereocenters. The van der Waals surface area contributed by atoms with Gasteiger partial charge in [-0.3, -0.25) is 4.79 Å². The molecule has 0 saturated heterocycles. The molecule has 0 radical (unpaired) electrons. The summed E-state index contributed by atoms with van der Waals surface area (Å²) in [5.41, 5.74) is 3.71. The number of carbonyl (C=O) groups is 1. The molecule has 1 amide bonds. The molecule has 0 fully saturated rings. The Hall–Kier alpha value is -2.26. The van der Waals surface area contributed by atoms with Crippen LogP contribution in [-0.2, 0) is 17.8 Å². The third-order valence-electron chi connectivity index (χ3n) is 3.96. The van der Waals surface area contributed by atoms with E-state index in [-0.39, 0.29) is 5.91 Å². The van der Waals surface area contributed by atoms with E-state index in [4.69, 9.17) is 16.0 Å². The van der Waals surface area contributed by atoms with Crippen molar-refractivity contribution in [3.8, 4) is 0 Å². The number of hydrogen-bond acceptors (Lipinski definition) is 2. The molecule has 4 heteroatoms. The summed E-state index contributed by atoms with van der Waals surface area (Å²) in [5.74, 6) is 0.0493. The molecule has 0 aliphatic rings. The van der Waals surface area contributed by atoms with Crippen LogP contribution in [0, 0.1) is 6.92 Å². The normalized spacial score (nSPS) is 10.9. The van der Waals surface area contributed by atoms with Crippen molar-refractivity contribution < 1.29 is 9.21 Å². The van der Waals surface area contributed by atoms with Gasteiger partial charge in [0, 0.05) is 29.6 Å². The molecule has 0 atom stereocenters. The molecule has 0 spiro atoms. The highest BCUT2D eigenvalue weighted by Crippen LogP contribution is 2.28. The van der Waals surface area contributed by atoms with Crippen LogP contribution in [0.4, 0.5) is 0 Å². The summed E-state index contributed by atoms with van der Waals surface area (Å²) in [4.78, 5) is 14.2. The Balaban J connectivity index is 1.76. The van der Waals surface area contributed by atoms with E-state index in [0.717, 1.165) is 27.7 Å². The van der Waals surface area contributed by atoms with E-state index in [9.17, 15) is 4.79 Å². The molecule has 0 saturated carbocycles. The van der Waals surface area contributed by atoms with Crippen LogP contribution in [0.3, 0.4) is 0 Å². The fraction of sp³-hybridized carbons (Fsp3) is 0.211. The molecule has 0 bridgehead atoms. The summed E-state index contributed by atoms with van der Waals surface area (Å²) in [5, 5.41) is 1.59. The number of aryl methyl sites for hydroxylation is 1. The molecule has 118 valence electrons. The monoisotopic (exact) mass is 327 g/mol. The van der Waals surface area contributed by atoms with Crippen molar-refractivity contribution in [3.05, 3.63) is 70.4 Å². The van der Waals surface area contributed by atoms with Crippen LogP contribution in [0.15, 0.2) is 53.1 Å². The van der Waals surface area contributed by atoms with Gasteiger partial charge in [-0.15, -0.1) is 0 Å². The number of furan rings is 1. The van der Waals surface area contributed by atoms with Crippen molar-refractivity contribution >= 4 is 28.5 Å². The number of rotatable bonds is 4. The second-order valence-corrected chi connectivity index (χ2v) is 6.18. The Morgan fingerprint density at radius 3 is 2.70 bits per heavy atom. The van der Waals surface area contributed by atoms with Gasteiger partial charge in [-0.05, 0) is 30.2 Å². The van der Waals surface area contributed by atoms with Crippen LogP contribution in [0.1, 0.15) is 16.7 Å². The maximum Gasteiger partial charge on any atom is 0.227 e. The Bertz CT molecular complexity index is 839. The number of hydrogen-bond donors (Lipinski definition) is 0. The number of fused-ring (bicyclic) bond motifs is 1. The van der Waals surface area contributed by atoms with Crippen molar-refractivity contribution in [2.24, 2.45) is 0 Å². The van der Waals surface area contributed by atoms with E-state index >= 15 is 0 Å². The summed E-state index contributed by atoms with van der Waals surface area (Å²) < 4.78 is 5.55. The van der Waals surface area contributed by atoms with Gasteiger partial charge in [-0.2, -0.15) is 0 Å². The van der Waals surface area contributed by atoms with Gasteiger partial charge in [0.15, 0.2) is 0 Å². The maximum absolute atomic E-state index is 12.5. The standard InChI is InChI=1S/C19H18ClNO2/c1-13-8-18-16(10-17(13)20)15(12-23-18)9-19(22)21(2)11-14-6-4-3-5-7-14/h3-8,10,12H,9,11H2,1-2H3. The fourth-order valence-electron chi connectivity index (χ4n) is 2.58. The van der Waals surface area contributed by atoms with E-state index in [1.807, 2.05) is 56.4 Å². The molecule has 1 aromatic heterocycles. The Kier molecular flexibility index (Phi) is 4.39. The lowest BCUT2D eigenvalue weighted by Gasteiger charge is -2.17. The summed E-state index contributed by atoms with van der Waals surface area (Å²) in [6, 6.07) is 13.7. The van der Waals surface area contributed by atoms with Crippen LogP contribution < -0.4 is 0 Å². The first-order valence-corrected chi connectivity index (χ1v) is 7.86. The molecule has 3 rings (SSSR count). The predicted octanol–water partition coefficient (Wildman–Crippen LogP) is 4.60. The number of nitrogens with zero attached hydrogens (tertiary/aromatic N) is 1. The zero-order valence-corrected chi connectivity index (χ0v) is 13.9. The molecule has 1 heterocycles. The van der Waals surface area contributed by atoms with Crippen molar-refractivity contribution in [1.82, 2.24) is 4.90 Å². The lowest BCUT2D eigenvalue weighted by atomic mass is 10.1. The fourth-order valence-corrected chi connectivity index (χ4v) is 2.75. The van der Waals surface area contributed by atoms with Gasteiger partial charge in [-0.1, -0.05) is 41.9 Å². The molecular weight excluding hydrogens is 310 g/mol. The number of carbonyl (C=O) groups excluding carboxylic acids is 1. The van der Waals surface area contributed by atoms with E-state index in [0.29, 0.717) is 18.0 Å². The molecule has 0 aliphatic heterocycles. The summed E-state index contributed by atoms with van der Waals surface area (Å²) in [6.45, 7) is 2.53. The van der Waals surface area contributed by atoms with Crippen LogP contribution in [-0.4, -0.2) is 17.9 Å². The highest BCUT2D eigenvalue weighted by molar-refractivity contribution is 6.32. The number of likely N-dealkylation sites (N-methyl/N-ethyl adjacent to an activating group) is 1. The molecular formula is C19H18ClNO2. The quantitative estimate of drug-likeness (QED) is 0.702. The van der Waals surface area contributed by atoms with Gasteiger partial charge < -0.3 is 9.32 Å². The minimum atomic E-state index is 0.0493. The molecule has 3 aromatic rings. The second kappa shape index (κ2) is 6.47. The average molecular weight is 328 g/mol. The van der Waals surface area contributed by atoms with E-state index in [1.165, 1.54) is 0 Å². The smallest absolute Gasteiger partial charge is 0.227 e. The maximum atomic E-state index is 12.5. The predicted molar refractivity (Wildman–Crippen MR) is 92.6 cm³/mol. The molecule has 23 heavy (non-hydrogen) atoms. The number of amides is 1. The Labute approximate surface area is 140 Å². The third-order valence-corrected chi connectivity index (χ3v) is 4.37. The first-order chi connectivity index (χ1) is 11.0.